The number of carbonyl (C=O) groups excluding carboxylic acids is 1. The number of benzene rings is 1. The number of aromatic nitrogens is 3. The van der Waals surface area contributed by atoms with Crippen LogP contribution in [0.1, 0.15) is 13.3 Å². The molecule has 1 fully saturated rings. The Morgan fingerprint density at radius 2 is 2.08 bits per heavy atom. The van der Waals surface area contributed by atoms with Crippen molar-refractivity contribution in [3.63, 3.8) is 0 Å². The molecule has 140 valence electrons. The van der Waals surface area contributed by atoms with E-state index < -0.39 is 21.9 Å². The van der Waals surface area contributed by atoms with Gasteiger partial charge in [-0.2, -0.15) is 0 Å². The predicted molar refractivity (Wildman–Crippen MR) is 100 cm³/mol. The Kier molecular flexibility index (Phi) is 5.89. The van der Waals surface area contributed by atoms with Crippen LogP contribution >= 0.6 is 23.4 Å². The minimum absolute atomic E-state index is 0.0509. The van der Waals surface area contributed by atoms with Crippen LogP contribution in [-0.4, -0.2) is 52.5 Å². The Morgan fingerprint density at radius 3 is 2.69 bits per heavy atom. The van der Waals surface area contributed by atoms with E-state index in [-0.39, 0.29) is 17.3 Å². The molecule has 1 aliphatic heterocycles. The van der Waals surface area contributed by atoms with Crippen LogP contribution in [0.5, 0.6) is 0 Å². The first-order valence-electron chi connectivity index (χ1n) is 8.10. The highest BCUT2D eigenvalue weighted by atomic mass is 35.5. The molecule has 1 aromatic heterocycles. The van der Waals surface area contributed by atoms with Crippen LogP contribution in [0.15, 0.2) is 29.4 Å². The largest absolute Gasteiger partial charge is 0.461 e. The maximum atomic E-state index is 12.0. The van der Waals surface area contributed by atoms with E-state index in [1.807, 2.05) is 23.6 Å². The van der Waals surface area contributed by atoms with Crippen molar-refractivity contribution < 1.29 is 17.9 Å². The van der Waals surface area contributed by atoms with Crippen molar-refractivity contribution in [2.45, 2.75) is 31.1 Å². The summed E-state index contributed by atoms with van der Waals surface area (Å²) in [4.78, 5) is 12.0. The highest BCUT2D eigenvalue weighted by Gasteiger charge is 2.30. The molecule has 1 aromatic carbocycles. The monoisotopic (exact) mass is 415 g/mol. The van der Waals surface area contributed by atoms with Crippen molar-refractivity contribution in [3.05, 3.63) is 29.3 Å². The highest BCUT2D eigenvalue weighted by Crippen LogP contribution is 2.25. The van der Waals surface area contributed by atoms with E-state index in [4.69, 9.17) is 16.3 Å². The summed E-state index contributed by atoms with van der Waals surface area (Å²) >= 11 is 7.13. The molecule has 0 amide bonds. The van der Waals surface area contributed by atoms with Crippen LogP contribution in [0, 0.1) is 0 Å². The minimum Gasteiger partial charge on any atom is -0.461 e. The van der Waals surface area contributed by atoms with Gasteiger partial charge in [-0.05, 0) is 37.6 Å². The SMILES string of the molecule is CCn1c(SCC(=O)O[C@@H]2CCS(=O)(=O)C2)nnc1-c1ccc(Cl)cc1. The smallest absolute Gasteiger partial charge is 0.316 e. The number of hydrogen-bond donors (Lipinski definition) is 0. The molecule has 1 saturated heterocycles. The summed E-state index contributed by atoms with van der Waals surface area (Å²) < 4.78 is 30.0. The summed E-state index contributed by atoms with van der Waals surface area (Å²) in [5.41, 5.74) is 0.884. The number of thioether (sulfide) groups is 1. The second-order valence-electron chi connectivity index (χ2n) is 5.86. The lowest BCUT2D eigenvalue weighted by Crippen LogP contribution is -2.20. The zero-order valence-corrected chi connectivity index (χ0v) is 16.5. The van der Waals surface area contributed by atoms with E-state index in [0.29, 0.717) is 29.0 Å². The quantitative estimate of drug-likeness (QED) is 0.528. The molecule has 0 radical (unpaired) electrons. The molecule has 10 heteroatoms. The van der Waals surface area contributed by atoms with Crippen molar-refractivity contribution in [2.75, 3.05) is 17.3 Å². The number of rotatable bonds is 6. The lowest BCUT2D eigenvalue weighted by atomic mass is 10.2. The third-order valence-electron chi connectivity index (χ3n) is 3.94. The van der Waals surface area contributed by atoms with Crippen molar-refractivity contribution in [1.29, 1.82) is 0 Å². The molecule has 2 heterocycles. The molecular formula is C16H18ClN3O4S2. The fourth-order valence-corrected chi connectivity index (χ4v) is 5.19. The average molecular weight is 416 g/mol. The Morgan fingerprint density at radius 1 is 1.35 bits per heavy atom. The normalized spacial score (nSPS) is 18.8. The molecule has 0 unspecified atom stereocenters. The Balaban J connectivity index is 1.63. The van der Waals surface area contributed by atoms with E-state index in [1.165, 1.54) is 11.8 Å². The third-order valence-corrected chi connectivity index (χ3v) is 6.87. The number of ether oxygens (including phenoxy) is 1. The fraction of sp³-hybridized carbons (Fsp3) is 0.438. The number of carbonyl (C=O) groups is 1. The van der Waals surface area contributed by atoms with Gasteiger partial charge in [0.25, 0.3) is 0 Å². The van der Waals surface area contributed by atoms with Crippen molar-refractivity contribution in [2.24, 2.45) is 0 Å². The minimum atomic E-state index is -3.07. The maximum Gasteiger partial charge on any atom is 0.316 e. The van der Waals surface area contributed by atoms with Crippen LogP contribution in [-0.2, 0) is 25.9 Å². The van der Waals surface area contributed by atoms with Crippen LogP contribution in [0.3, 0.4) is 0 Å². The number of halogens is 1. The summed E-state index contributed by atoms with van der Waals surface area (Å²) in [6, 6.07) is 7.29. The predicted octanol–water partition coefficient (Wildman–Crippen LogP) is 2.44. The molecule has 2 aromatic rings. The van der Waals surface area contributed by atoms with Gasteiger partial charge in [-0.3, -0.25) is 4.79 Å². The van der Waals surface area contributed by atoms with Gasteiger partial charge in [0.15, 0.2) is 20.8 Å². The second-order valence-corrected chi connectivity index (χ2v) is 9.47. The molecular weight excluding hydrogens is 398 g/mol. The summed E-state index contributed by atoms with van der Waals surface area (Å²) in [7, 11) is -3.07. The average Bonchev–Trinajstić information content (AvgIpc) is 3.16. The van der Waals surface area contributed by atoms with Gasteiger partial charge in [-0.1, -0.05) is 23.4 Å². The molecule has 1 aliphatic rings. The third kappa shape index (κ3) is 4.57. The number of sulfone groups is 1. The summed E-state index contributed by atoms with van der Waals surface area (Å²) in [6.07, 6.45) is -0.174. The highest BCUT2D eigenvalue weighted by molar-refractivity contribution is 7.99. The lowest BCUT2D eigenvalue weighted by molar-refractivity contribution is -0.144. The van der Waals surface area contributed by atoms with Gasteiger partial charge in [0.2, 0.25) is 0 Å². The summed E-state index contributed by atoms with van der Waals surface area (Å²) in [6.45, 7) is 2.61. The molecule has 0 aliphatic carbocycles. The van der Waals surface area contributed by atoms with Crippen LogP contribution in [0.25, 0.3) is 11.4 Å². The van der Waals surface area contributed by atoms with Gasteiger partial charge in [0.1, 0.15) is 6.10 Å². The summed E-state index contributed by atoms with van der Waals surface area (Å²) in [5, 5.41) is 9.60. The van der Waals surface area contributed by atoms with Gasteiger partial charge in [-0.15, -0.1) is 10.2 Å². The summed E-state index contributed by atoms with van der Waals surface area (Å²) in [5.74, 6) is 0.287. The van der Waals surface area contributed by atoms with E-state index in [1.54, 1.807) is 12.1 Å². The van der Waals surface area contributed by atoms with Crippen molar-refractivity contribution in [1.82, 2.24) is 14.8 Å². The fourth-order valence-electron chi connectivity index (χ4n) is 2.69. The molecule has 1 atom stereocenters. The van der Waals surface area contributed by atoms with Crippen molar-refractivity contribution in [3.8, 4) is 11.4 Å². The maximum absolute atomic E-state index is 12.0. The zero-order chi connectivity index (χ0) is 18.7. The molecule has 0 N–H and O–H groups in total. The standard InChI is InChI=1S/C16H18ClN3O4S2/c1-2-20-15(11-3-5-12(17)6-4-11)18-19-16(20)25-9-14(21)24-13-7-8-26(22,23)10-13/h3-6,13H,2,7-10H2,1H3/t13-/m1/s1. The first kappa shape index (κ1) is 19.2. The van der Waals surface area contributed by atoms with E-state index in [0.717, 1.165) is 5.56 Å². The van der Waals surface area contributed by atoms with Gasteiger partial charge < -0.3 is 9.30 Å². The van der Waals surface area contributed by atoms with Crippen LogP contribution < -0.4 is 0 Å². The van der Waals surface area contributed by atoms with Gasteiger partial charge >= 0.3 is 5.97 Å². The lowest BCUT2D eigenvalue weighted by Gasteiger charge is -2.10. The molecule has 7 nitrogen and oxygen atoms in total. The Labute approximate surface area is 161 Å². The second kappa shape index (κ2) is 7.98. The van der Waals surface area contributed by atoms with Gasteiger partial charge in [-0.25, -0.2) is 8.42 Å². The molecule has 0 saturated carbocycles. The topological polar surface area (TPSA) is 91.2 Å². The van der Waals surface area contributed by atoms with Crippen LogP contribution in [0.4, 0.5) is 0 Å². The first-order chi connectivity index (χ1) is 12.4. The Hall–Kier alpha value is -1.58. The van der Waals surface area contributed by atoms with Crippen molar-refractivity contribution >= 4 is 39.2 Å². The number of nitrogens with zero attached hydrogens (tertiary/aromatic N) is 3. The number of esters is 1. The number of hydrogen-bond acceptors (Lipinski definition) is 7. The van der Waals surface area contributed by atoms with E-state index in [9.17, 15) is 13.2 Å². The van der Waals surface area contributed by atoms with E-state index in [2.05, 4.69) is 10.2 Å². The van der Waals surface area contributed by atoms with E-state index >= 15 is 0 Å². The Bertz CT molecular complexity index is 897. The first-order valence-corrected chi connectivity index (χ1v) is 11.3. The molecule has 0 spiro atoms. The van der Waals surface area contributed by atoms with Crippen LogP contribution in [0.2, 0.25) is 5.02 Å². The van der Waals surface area contributed by atoms with Gasteiger partial charge in [0.05, 0.1) is 17.3 Å². The van der Waals surface area contributed by atoms with Gasteiger partial charge in [0, 0.05) is 17.1 Å². The zero-order valence-electron chi connectivity index (χ0n) is 14.1. The molecule has 26 heavy (non-hydrogen) atoms. The molecule has 0 bridgehead atoms. The molecule has 3 rings (SSSR count).